The van der Waals surface area contributed by atoms with Crippen LogP contribution in [0.1, 0.15) is 21.5 Å². The molecular weight excluding hydrogens is 372 g/mol. The topological polar surface area (TPSA) is 66.5 Å². The number of hydrogen-bond donors (Lipinski definition) is 1. The van der Waals surface area contributed by atoms with E-state index in [-0.39, 0.29) is 10.8 Å². The van der Waals surface area contributed by atoms with Gasteiger partial charge in [-0.15, -0.1) is 0 Å². The number of nitrogens with one attached hydrogen (secondary N) is 1. The van der Waals surface area contributed by atoms with Crippen molar-refractivity contribution >= 4 is 15.7 Å². The van der Waals surface area contributed by atoms with E-state index < -0.39 is 9.84 Å². The zero-order chi connectivity index (χ0) is 20.0. The maximum absolute atomic E-state index is 12.8. The van der Waals surface area contributed by atoms with Crippen LogP contribution >= 0.6 is 0 Å². The van der Waals surface area contributed by atoms with Crippen LogP contribution in [0.15, 0.2) is 89.8 Å². The number of nitrogens with zero attached hydrogens (tertiary/aromatic N) is 1. The summed E-state index contributed by atoms with van der Waals surface area (Å²) < 4.78 is 23.5. The van der Waals surface area contributed by atoms with E-state index in [4.69, 9.17) is 0 Å². The lowest BCUT2D eigenvalue weighted by Gasteiger charge is -2.23. The molecule has 1 N–H and O–H groups in total. The third-order valence-corrected chi connectivity index (χ3v) is 5.33. The van der Waals surface area contributed by atoms with E-state index in [0.29, 0.717) is 18.7 Å². The van der Waals surface area contributed by atoms with Gasteiger partial charge in [-0.25, -0.2) is 13.4 Å². The Bertz CT molecular complexity index is 994. The second-order valence-electron chi connectivity index (χ2n) is 6.57. The molecule has 0 heterocycles. The van der Waals surface area contributed by atoms with Crippen molar-refractivity contribution in [3.63, 3.8) is 0 Å². The van der Waals surface area contributed by atoms with Crippen LogP contribution in [-0.4, -0.2) is 25.6 Å². The molecule has 144 valence electrons. The van der Waals surface area contributed by atoms with Crippen LogP contribution in [0.3, 0.4) is 0 Å². The van der Waals surface area contributed by atoms with Crippen molar-refractivity contribution in [2.24, 2.45) is 0 Å². The van der Waals surface area contributed by atoms with Crippen molar-refractivity contribution in [1.82, 2.24) is 10.4 Å². The number of carbonyl (C=O) groups excluding carboxylic acids is 1. The summed E-state index contributed by atoms with van der Waals surface area (Å²) in [5.41, 5.74) is 5.33. The molecule has 0 unspecified atom stereocenters. The van der Waals surface area contributed by atoms with Gasteiger partial charge < -0.3 is 0 Å². The first-order valence-electron chi connectivity index (χ1n) is 8.86. The second kappa shape index (κ2) is 8.82. The van der Waals surface area contributed by atoms with Gasteiger partial charge >= 0.3 is 0 Å². The molecule has 0 fully saturated rings. The summed E-state index contributed by atoms with van der Waals surface area (Å²) >= 11 is 0. The fourth-order valence-corrected chi connectivity index (χ4v) is 3.49. The average Bonchev–Trinajstić information content (AvgIpc) is 2.69. The third-order valence-electron chi connectivity index (χ3n) is 4.22. The molecule has 0 radical (unpaired) electrons. The minimum absolute atomic E-state index is 0.123. The molecule has 0 aliphatic carbocycles. The van der Waals surface area contributed by atoms with Gasteiger partial charge in [-0.3, -0.25) is 10.2 Å². The first-order chi connectivity index (χ1) is 13.4. The predicted molar refractivity (Wildman–Crippen MR) is 109 cm³/mol. The number of rotatable bonds is 7. The highest BCUT2D eigenvalue weighted by Crippen LogP contribution is 2.13. The number of amides is 1. The summed E-state index contributed by atoms with van der Waals surface area (Å²) in [6, 6.07) is 25.7. The molecule has 0 atom stereocenters. The Morgan fingerprint density at radius 2 is 1.36 bits per heavy atom. The van der Waals surface area contributed by atoms with Crippen LogP contribution in [-0.2, 0) is 22.9 Å². The molecule has 0 aromatic heterocycles. The van der Waals surface area contributed by atoms with E-state index in [2.05, 4.69) is 5.43 Å². The Kier molecular flexibility index (Phi) is 6.23. The van der Waals surface area contributed by atoms with Gasteiger partial charge in [0.15, 0.2) is 9.84 Å². The maximum atomic E-state index is 12.8. The molecule has 0 saturated carbocycles. The summed E-state index contributed by atoms with van der Waals surface area (Å²) in [4.78, 5) is 12.9. The molecule has 28 heavy (non-hydrogen) atoms. The smallest absolute Gasteiger partial charge is 0.265 e. The molecule has 5 nitrogen and oxygen atoms in total. The van der Waals surface area contributed by atoms with Crippen LogP contribution in [0.2, 0.25) is 0 Å². The Balaban J connectivity index is 1.81. The molecule has 0 bridgehead atoms. The highest BCUT2D eigenvalue weighted by atomic mass is 32.2. The van der Waals surface area contributed by atoms with Crippen LogP contribution in [0.5, 0.6) is 0 Å². The fourth-order valence-electron chi connectivity index (χ4n) is 2.82. The van der Waals surface area contributed by atoms with E-state index in [1.807, 2.05) is 65.7 Å². The summed E-state index contributed by atoms with van der Waals surface area (Å²) in [7, 11) is -3.38. The molecule has 0 saturated heterocycles. The summed E-state index contributed by atoms with van der Waals surface area (Å²) in [5, 5.41) is 1.82. The molecule has 0 aliphatic heterocycles. The number of sulfone groups is 1. The van der Waals surface area contributed by atoms with Gasteiger partial charge in [0.25, 0.3) is 5.91 Å². The number of carbonyl (C=O) groups is 1. The van der Waals surface area contributed by atoms with Crippen molar-refractivity contribution in [3.8, 4) is 0 Å². The first-order valence-corrected chi connectivity index (χ1v) is 10.7. The number of hydrazine groups is 1. The average molecular weight is 394 g/mol. The molecule has 3 rings (SSSR count). The Labute approximate surface area is 165 Å². The second-order valence-corrected chi connectivity index (χ2v) is 8.58. The largest absolute Gasteiger partial charge is 0.284 e. The molecule has 6 heteroatoms. The van der Waals surface area contributed by atoms with E-state index >= 15 is 0 Å². The third kappa shape index (κ3) is 5.52. The van der Waals surface area contributed by atoms with E-state index in [1.54, 1.807) is 12.1 Å². The first kappa shape index (κ1) is 19.8. The minimum Gasteiger partial charge on any atom is -0.284 e. The summed E-state index contributed by atoms with van der Waals surface area (Å²) in [5.74, 6) is -0.350. The van der Waals surface area contributed by atoms with Crippen molar-refractivity contribution in [2.75, 3.05) is 6.26 Å². The van der Waals surface area contributed by atoms with Crippen LogP contribution in [0, 0.1) is 0 Å². The molecule has 1 amide bonds. The predicted octanol–water partition coefficient (Wildman–Crippen LogP) is 3.44. The highest BCUT2D eigenvalue weighted by molar-refractivity contribution is 7.90. The Morgan fingerprint density at radius 3 is 1.86 bits per heavy atom. The lowest BCUT2D eigenvalue weighted by molar-refractivity contribution is 0.0759. The van der Waals surface area contributed by atoms with Gasteiger partial charge in [-0.2, -0.15) is 0 Å². The van der Waals surface area contributed by atoms with Crippen LogP contribution in [0.4, 0.5) is 0 Å². The van der Waals surface area contributed by atoms with Gasteiger partial charge in [0.05, 0.1) is 4.90 Å². The molecular formula is C22H22N2O3S. The molecule has 3 aromatic carbocycles. The SMILES string of the molecule is CS(=O)(=O)c1cccc(C(=O)NN(Cc2ccccc2)Cc2ccccc2)c1. The van der Waals surface area contributed by atoms with Gasteiger partial charge in [0.2, 0.25) is 0 Å². The lowest BCUT2D eigenvalue weighted by Crippen LogP contribution is -2.41. The minimum atomic E-state index is -3.38. The van der Waals surface area contributed by atoms with E-state index in [0.717, 1.165) is 17.4 Å². The van der Waals surface area contributed by atoms with Gasteiger partial charge in [0, 0.05) is 24.9 Å². The van der Waals surface area contributed by atoms with E-state index in [1.165, 1.54) is 12.1 Å². The van der Waals surface area contributed by atoms with Crippen molar-refractivity contribution in [2.45, 2.75) is 18.0 Å². The standard InChI is InChI=1S/C22H22N2O3S/c1-28(26,27)21-14-8-13-20(15-21)22(25)23-24(16-18-9-4-2-5-10-18)17-19-11-6-3-7-12-19/h2-15H,16-17H2,1H3,(H,23,25). The molecule has 0 spiro atoms. The normalized spacial score (nSPS) is 11.4. The molecule has 3 aromatic rings. The van der Waals surface area contributed by atoms with Crippen LogP contribution < -0.4 is 5.43 Å². The zero-order valence-corrected chi connectivity index (χ0v) is 16.4. The van der Waals surface area contributed by atoms with E-state index in [9.17, 15) is 13.2 Å². The van der Waals surface area contributed by atoms with Gasteiger partial charge in [0.1, 0.15) is 0 Å². The van der Waals surface area contributed by atoms with Crippen molar-refractivity contribution in [3.05, 3.63) is 102 Å². The quantitative estimate of drug-likeness (QED) is 0.624. The summed E-state index contributed by atoms with van der Waals surface area (Å²) in [6.45, 7) is 1.04. The fraction of sp³-hybridized carbons (Fsp3) is 0.136. The van der Waals surface area contributed by atoms with Gasteiger partial charge in [-0.05, 0) is 29.3 Å². The Hall–Kier alpha value is -2.96. The Morgan fingerprint density at radius 1 is 0.821 bits per heavy atom. The van der Waals surface area contributed by atoms with Crippen molar-refractivity contribution in [1.29, 1.82) is 0 Å². The lowest BCUT2D eigenvalue weighted by atomic mass is 10.2. The van der Waals surface area contributed by atoms with Gasteiger partial charge in [-0.1, -0.05) is 66.7 Å². The number of hydrogen-bond acceptors (Lipinski definition) is 4. The summed E-state index contributed by atoms with van der Waals surface area (Å²) in [6.07, 6.45) is 1.13. The maximum Gasteiger partial charge on any atom is 0.265 e. The number of benzene rings is 3. The monoisotopic (exact) mass is 394 g/mol. The van der Waals surface area contributed by atoms with Crippen LogP contribution in [0.25, 0.3) is 0 Å². The van der Waals surface area contributed by atoms with Crippen molar-refractivity contribution < 1.29 is 13.2 Å². The zero-order valence-electron chi connectivity index (χ0n) is 15.6. The highest BCUT2D eigenvalue weighted by Gasteiger charge is 2.15. The molecule has 0 aliphatic rings.